The summed E-state index contributed by atoms with van der Waals surface area (Å²) in [5.41, 5.74) is 1.08. The molecule has 1 fully saturated rings. The van der Waals surface area contributed by atoms with Gasteiger partial charge < -0.3 is 18.6 Å². The van der Waals surface area contributed by atoms with E-state index in [-0.39, 0.29) is 29.9 Å². The molecule has 1 atom stereocenters. The smallest absolute Gasteiger partial charge is 0.408 e. The SMILES string of the molecule is CSNC(=O)c1nc(N(CCc2ccc(OC(F)(F)P)cc2)Cc2nc(C3CC3)no2)oc1C. The van der Waals surface area contributed by atoms with Gasteiger partial charge in [0.15, 0.2) is 11.5 Å². The molecule has 2 aromatic heterocycles. The zero-order valence-electron chi connectivity index (χ0n) is 18.6. The van der Waals surface area contributed by atoms with Crippen LogP contribution < -0.4 is 14.4 Å². The van der Waals surface area contributed by atoms with Crippen molar-refractivity contribution in [2.24, 2.45) is 0 Å². The minimum absolute atomic E-state index is 0.0619. The first-order valence-electron chi connectivity index (χ1n) is 10.5. The fourth-order valence-electron chi connectivity index (χ4n) is 3.26. The van der Waals surface area contributed by atoms with Crippen LogP contribution in [0.5, 0.6) is 5.75 Å². The Hall–Kier alpha value is -2.72. The van der Waals surface area contributed by atoms with Gasteiger partial charge in [-0.1, -0.05) is 29.2 Å². The summed E-state index contributed by atoms with van der Waals surface area (Å²) in [6.07, 6.45) is 4.38. The summed E-state index contributed by atoms with van der Waals surface area (Å²) in [6, 6.07) is 6.63. The third-order valence-electron chi connectivity index (χ3n) is 5.07. The van der Waals surface area contributed by atoms with Crippen molar-refractivity contribution in [3.05, 3.63) is 53.0 Å². The van der Waals surface area contributed by atoms with Crippen LogP contribution in [0.15, 0.2) is 33.2 Å². The van der Waals surface area contributed by atoms with Crippen molar-refractivity contribution in [3.8, 4) is 5.75 Å². The van der Waals surface area contributed by atoms with E-state index in [0.717, 1.165) is 18.4 Å². The maximum Gasteiger partial charge on any atom is 0.408 e. The van der Waals surface area contributed by atoms with Gasteiger partial charge in [0.25, 0.3) is 11.9 Å². The van der Waals surface area contributed by atoms with Crippen LogP contribution >= 0.6 is 21.2 Å². The number of hydrogen-bond acceptors (Lipinski definition) is 9. The molecule has 1 unspecified atom stereocenters. The van der Waals surface area contributed by atoms with Gasteiger partial charge in [0.1, 0.15) is 18.1 Å². The normalized spacial score (nSPS) is 13.7. The summed E-state index contributed by atoms with van der Waals surface area (Å²) in [7, 11) is 1.34. The molecule has 13 heteroatoms. The zero-order chi connectivity index (χ0) is 24.3. The number of benzene rings is 1. The van der Waals surface area contributed by atoms with E-state index in [0.29, 0.717) is 36.4 Å². The van der Waals surface area contributed by atoms with Crippen LogP contribution in [-0.4, -0.2) is 39.7 Å². The van der Waals surface area contributed by atoms with Gasteiger partial charge in [0.2, 0.25) is 5.89 Å². The molecule has 4 rings (SSSR count). The first-order chi connectivity index (χ1) is 16.2. The van der Waals surface area contributed by atoms with Gasteiger partial charge in [0, 0.05) is 18.7 Å². The predicted octanol–water partition coefficient (Wildman–Crippen LogP) is 4.30. The summed E-state index contributed by atoms with van der Waals surface area (Å²) in [4.78, 5) is 22.9. The molecule has 0 saturated heterocycles. The van der Waals surface area contributed by atoms with Crippen molar-refractivity contribution < 1.29 is 27.3 Å². The Morgan fingerprint density at radius 1 is 1.32 bits per heavy atom. The molecule has 3 aromatic rings. The summed E-state index contributed by atoms with van der Waals surface area (Å²) < 4.78 is 44.4. The summed E-state index contributed by atoms with van der Waals surface area (Å²) in [5.74, 6) is -1.77. The fraction of sp³-hybridized carbons (Fsp3) is 0.429. The van der Waals surface area contributed by atoms with Crippen molar-refractivity contribution in [1.29, 1.82) is 0 Å². The number of carbonyl (C=O) groups is 1. The van der Waals surface area contributed by atoms with E-state index in [4.69, 9.17) is 8.94 Å². The van der Waals surface area contributed by atoms with Gasteiger partial charge in [-0.05, 0) is 53.1 Å². The van der Waals surface area contributed by atoms with Crippen LogP contribution in [0.1, 0.15) is 52.3 Å². The molecule has 2 heterocycles. The third-order valence-corrected chi connectivity index (χ3v) is 5.57. The van der Waals surface area contributed by atoms with Crippen LogP contribution in [-0.2, 0) is 13.0 Å². The second kappa shape index (κ2) is 10.3. The second-order valence-electron chi connectivity index (χ2n) is 7.84. The van der Waals surface area contributed by atoms with Gasteiger partial charge in [-0.15, -0.1) is 0 Å². The Morgan fingerprint density at radius 3 is 2.71 bits per heavy atom. The van der Waals surface area contributed by atoms with Crippen molar-refractivity contribution in [1.82, 2.24) is 19.8 Å². The topological polar surface area (TPSA) is 107 Å². The Balaban J connectivity index is 1.50. The number of nitrogens with zero attached hydrogens (tertiary/aromatic N) is 4. The number of aryl methyl sites for hydroxylation is 1. The Morgan fingerprint density at radius 2 is 2.06 bits per heavy atom. The highest BCUT2D eigenvalue weighted by Crippen LogP contribution is 2.38. The van der Waals surface area contributed by atoms with Crippen LogP contribution in [0, 0.1) is 6.92 Å². The maximum absolute atomic E-state index is 13.0. The molecule has 1 N–H and O–H groups in total. The van der Waals surface area contributed by atoms with Crippen LogP contribution in [0.4, 0.5) is 14.8 Å². The molecular formula is C21H24F2N5O4PS. The highest BCUT2D eigenvalue weighted by molar-refractivity contribution is 7.97. The monoisotopic (exact) mass is 511 g/mol. The first kappa shape index (κ1) is 24.4. The van der Waals surface area contributed by atoms with Gasteiger partial charge in [-0.3, -0.25) is 9.52 Å². The Kier molecular flexibility index (Phi) is 7.37. The molecule has 0 spiro atoms. The fourth-order valence-corrected chi connectivity index (χ4v) is 3.68. The lowest BCUT2D eigenvalue weighted by atomic mass is 10.1. The molecule has 1 saturated carbocycles. The molecule has 1 amide bonds. The number of halogens is 2. The van der Waals surface area contributed by atoms with E-state index in [1.165, 1.54) is 33.3 Å². The van der Waals surface area contributed by atoms with Crippen LogP contribution in [0.2, 0.25) is 0 Å². The lowest BCUT2D eigenvalue weighted by Gasteiger charge is -2.19. The summed E-state index contributed by atoms with van der Waals surface area (Å²) in [6.45, 7) is 2.34. The number of amides is 1. The molecular weight excluding hydrogens is 487 g/mol. The number of aromatic nitrogens is 3. The Labute approximate surface area is 201 Å². The number of alkyl halides is 2. The average molecular weight is 511 g/mol. The van der Waals surface area contributed by atoms with Gasteiger partial charge in [-0.2, -0.15) is 18.7 Å². The first-order valence-corrected chi connectivity index (χ1v) is 12.3. The molecule has 1 aliphatic carbocycles. The Bertz CT molecular complexity index is 1130. The van der Waals surface area contributed by atoms with E-state index in [9.17, 15) is 13.6 Å². The van der Waals surface area contributed by atoms with Gasteiger partial charge in [0.05, 0.1) is 0 Å². The van der Waals surface area contributed by atoms with Crippen LogP contribution in [0.3, 0.4) is 0 Å². The molecule has 0 radical (unpaired) electrons. The van der Waals surface area contributed by atoms with Crippen molar-refractivity contribution in [2.75, 3.05) is 17.7 Å². The van der Waals surface area contributed by atoms with Crippen molar-refractivity contribution in [2.45, 2.75) is 44.5 Å². The quantitative estimate of drug-likeness (QED) is 0.298. The van der Waals surface area contributed by atoms with E-state index in [1.54, 1.807) is 30.2 Å². The van der Waals surface area contributed by atoms with Crippen molar-refractivity contribution in [3.63, 3.8) is 0 Å². The number of rotatable bonds is 11. The molecule has 182 valence electrons. The maximum atomic E-state index is 13.0. The van der Waals surface area contributed by atoms with E-state index < -0.39 is 5.85 Å². The summed E-state index contributed by atoms with van der Waals surface area (Å²) >= 11 is 1.17. The minimum atomic E-state index is -3.33. The van der Waals surface area contributed by atoms with Gasteiger partial charge in [-0.25, -0.2) is 0 Å². The highest BCUT2D eigenvalue weighted by Gasteiger charge is 2.30. The number of nitrogens with one attached hydrogen (secondary N) is 1. The average Bonchev–Trinajstić information content (AvgIpc) is 3.39. The molecule has 34 heavy (non-hydrogen) atoms. The second-order valence-corrected chi connectivity index (χ2v) is 9.12. The van der Waals surface area contributed by atoms with E-state index >= 15 is 0 Å². The molecule has 0 bridgehead atoms. The van der Waals surface area contributed by atoms with E-state index in [2.05, 4.69) is 24.6 Å². The van der Waals surface area contributed by atoms with Crippen LogP contribution in [0.25, 0.3) is 0 Å². The number of ether oxygens (including phenoxy) is 1. The molecule has 0 aliphatic heterocycles. The number of carbonyl (C=O) groups excluding carboxylic acids is 1. The molecule has 1 aliphatic rings. The molecule has 9 nitrogen and oxygen atoms in total. The van der Waals surface area contributed by atoms with E-state index in [1.807, 2.05) is 0 Å². The lowest BCUT2D eigenvalue weighted by molar-refractivity contribution is -0.0892. The number of oxazole rings is 1. The standard InChI is InChI=1S/C21H24F2N5O4PS/c1-12-17(19(29)27-34-2)25-20(30-12)28(11-16-24-18(26-32-16)14-5-6-14)10-9-13-3-7-15(8-4-13)31-21(22,23)33/h3-4,7-8,14H,5-6,9-11,33H2,1-2H3,(H,27,29). The van der Waals surface area contributed by atoms with Crippen molar-refractivity contribution >= 4 is 33.1 Å². The zero-order valence-corrected chi connectivity index (χ0v) is 20.6. The lowest BCUT2D eigenvalue weighted by Crippen LogP contribution is -2.26. The largest absolute Gasteiger partial charge is 0.430 e. The number of hydrogen-bond donors (Lipinski definition) is 1. The number of anilines is 1. The minimum Gasteiger partial charge on any atom is -0.430 e. The molecule has 1 aromatic carbocycles. The summed E-state index contributed by atoms with van der Waals surface area (Å²) in [5, 5.41) is 4.05. The predicted molar refractivity (Wildman–Crippen MR) is 125 cm³/mol. The third kappa shape index (κ3) is 6.44. The highest BCUT2D eigenvalue weighted by atomic mass is 32.2. The van der Waals surface area contributed by atoms with Gasteiger partial charge >= 0.3 is 5.85 Å².